The van der Waals surface area contributed by atoms with Crippen molar-refractivity contribution in [2.75, 3.05) is 31.5 Å². The maximum absolute atomic E-state index is 12.6. The van der Waals surface area contributed by atoms with E-state index in [4.69, 9.17) is 4.74 Å². The van der Waals surface area contributed by atoms with Crippen LogP contribution in [0.15, 0.2) is 29.2 Å². The SMILES string of the molecule is C[C@@H]1CN([C@@H](C)C(=O)Nc2ccc(S(=O)(=O)N3CCCC3)cc2)C[C@H](C)O1. The van der Waals surface area contributed by atoms with Crippen molar-refractivity contribution in [3.8, 4) is 0 Å². The van der Waals surface area contributed by atoms with Gasteiger partial charge in [-0.2, -0.15) is 4.31 Å². The minimum atomic E-state index is -3.43. The predicted molar refractivity (Wildman–Crippen MR) is 104 cm³/mol. The Morgan fingerprint density at radius 2 is 1.67 bits per heavy atom. The highest BCUT2D eigenvalue weighted by molar-refractivity contribution is 7.89. The quantitative estimate of drug-likeness (QED) is 0.824. The lowest BCUT2D eigenvalue weighted by Crippen LogP contribution is -2.52. The highest BCUT2D eigenvalue weighted by atomic mass is 32.2. The zero-order valence-corrected chi connectivity index (χ0v) is 17.0. The van der Waals surface area contributed by atoms with Gasteiger partial charge in [0.15, 0.2) is 0 Å². The van der Waals surface area contributed by atoms with Crippen molar-refractivity contribution in [3.63, 3.8) is 0 Å². The molecule has 7 nitrogen and oxygen atoms in total. The van der Waals surface area contributed by atoms with Crippen LogP contribution in [0.25, 0.3) is 0 Å². The molecule has 0 saturated carbocycles. The van der Waals surface area contributed by atoms with Gasteiger partial charge in [-0.1, -0.05) is 0 Å². The van der Waals surface area contributed by atoms with E-state index in [0.29, 0.717) is 31.9 Å². The van der Waals surface area contributed by atoms with Gasteiger partial charge in [0.25, 0.3) is 0 Å². The fourth-order valence-corrected chi connectivity index (χ4v) is 5.25. The Balaban J connectivity index is 1.63. The molecule has 0 aliphatic carbocycles. The number of amides is 1. The molecular formula is C19H29N3O4S. The van der Waals surface area contributed by atoms with Gasteiger partial charge in [-0.15, -0.1) is 0 Å². The van der Waals surface area contributed by atoms with Crippen molar-refractivity contribution >= 4 is 21.6 Å². The molecule has 2 heterocycles. The van der Waals surface area contributed by atoms with E-state index in [1.54, 1.807) is 24.3 Å². The Morgan fingerprint density at radius 1 is 1.11 bits per heavy atom. The van der Waals surface area contributed by atoms with Crippen LogP contribution >= 0.6 is 0 Å². The van der Waals surface area contributed by atoms with E-state index in [0.717, 1.165) is 12.8 Å². The second-order valence-electron chi connectivity index (χ2n) is 7.51. The average Bonchev–Trinajstić information content (AvgIpc) is 3.16. The molecule has 0 bridgehead atoms. The molecule has 27 heavy (non-hydrogen) atoms. The summed E-state index contributed by atoms with van der Waals surface area (Å²) in [6, 6.07) is 6.14. The predicted octanol–water partition coefficient (Wildman–Crippen LogP) is 1.91. The molecule has 150 valence electrons. The van der Waals surface area contributed by atoms with E-state index in [1.807, 2.05) is 20.8 Å². The molecule has 2 aliphatic rings. The van der Waals surface area contributed by atoms with Gasteiger partial charge in [0.1, 0.15) is 0 Å². The number of rotatable bonds is 5. The molecule has 1 N–H and O–H groups in total. The average molecular weight is 396 g/mol. The van der Waals surface area contributed by atoms with Crippen molar-refractivity contribution < 1.29 is 17.9 Å². The fraction of sp³-hybridized carbons (Fsp3) is 0.632. The first kappa shape index (κ1) is 20.3. The number of nitrogens with zero attached hydrogens (tertiary/aromatic N) is 2. The van der Waals surface area contributed by atoms with Crippen LogP contribution in [0.4, 0.5) is 5.69 Å². The molecule has 2 fully saturated rings. The molecule has 1 amide bonds. The number of hydrogen-bond donors (Lipinski definition) is 1. The van der Waals surface area contributed by atoms with Crippen molar-refractivity contribution in [1.82, 2.24) is 9.21 Å². The highest BCUT2D eigenvalue weighted by Gasteiger charge is 2.30. The maximum Gasteiger partial charge on any atom is 0.243 e. The monoisotopic (exact) mass is 395 g/mol. The first-order valence-electron chi connectivity index (χ1n) is 9.58. The van der Waals surface area contributed by atoms with Crippen LogP contribution in [0.2, 0.25) is 0 Å². The van der Waals surface area contributed by atoms with Crippen molar-refractivity contribution in [2.45, 2.75) is 56.8 Å². The summed E-state index contributed by atoms with van der Waals surface area (Å²) in [5.41, 5.74) is 0.599. The summed E-state index contributed by atoms with van der Waals surface area (Å²) in [5.74, 6) is -0.105. The van der Waals surface area contributed by atoms with E-state index in [2.05, 4.69) is 10.2 Å². The van der Waals surface area contributed by atoms with Gasteiger partial charge in [-0.3, -0.25) is 9.69 Å². The molecule has 2 aliphatic heterocycles. The minimum absolute atomic E-state index is 0.0964. The molecule has 3 rings (SSSR count). The van der Waals surface area contributed by atoms with Gasteiger partial charge < -0.3 is 10.1 Å². The molecule has 3 atom stereocenters. The third kappa shape index (κ3) is 4.68. The molecule has 1 aromatic rings. The molecule has 0 aromatic heterocycles. The molecular weight excluding hydrogens is 366 g/mol. The van der Waals surface area contributed by atoms with E-state index in [-0.39, 0.29) is 29.1 Å². The van der Waals surface area contributed by atoms with E-state index < -0.39 is 10.0 Å². The Kier molecular flexibility index (Phi) is 6.20. The molecule has 0 spiro atoms. The van der Waals surface area contributed by atoms with Crippen molar-refractivity contribution in [2.24, 2.45) is 0 Å². The van der Waals surface area contributed by atoms with Crippen molar-refractivity contribution in [1.29, 1.82) is 0 Å². The molecule has 1 aromatic carbocycles. The normalized spacial score (nSPS) is 26.0. The Labute approximate surface area is 161 Å². The Morgan fingerprint density at radius 3 is 2.22 bits per heavy atom. The Bertz CT molecular complexity index is 750. The van der Waals surface area contributed by atoms with Crippen LogP contribution in [0.1, 0.15) is 33.6 Å². The van der Waals surface area contributed by atoms with Gasteiger partial charge in [0, 0.05) is 31.9 Å². The van der Waals surface area contributed by atoms with Gasteiger partial charge in [-0.25, -0.2) is 8.42 Å². The first-order chi connectivity index (χ1) is 12.8. The van der Waals surface area contributed by atoms with Crippen LogP contribution in [0.5, 0.6) is 0 Å². The number of anilines is 1. The lowest BCUT2D eigenvalue weighted by atomic mass is 10.1. The highest BCUT2D eigenvalue weighted by Crippen LogP contribution is 2.22. The van der Waals surface area contributed by atoms with Gasteiger partial charge >= 0.3 is 0 Å². The lowest BCUT2D eigenvalue weighted by molar-refractivity contribution is -0.126. The van der Waals surface area contributed by atoms with E-state index >= 15 is 0 Å². The fourth-order valence-electron chi connectivity index (χ4n) is 3.73. The summed E-state index contributed by atoms with van der Waals surface area (Å²) in [5, 5.41) is 2.89. The topological polar surface area (TPSA) is 79.0 Å². The third-order valence-corrected chi connectivity index (χ3v) is 7.11. The number of morpholine rings is 1. The molecule has 8 heteroatoms. The minimum Gasteiger partial charge on any atom is -0.373 e. The number of nitrogens with one attached hydrogen (secondary N) is 1. The summed E-state index contributed by atoms with van der Waals surface area (Å²) in [7, 11) is -3.43. The second-order valence-corrected chi connectivity index (χ2v) is 9.45. The number of hydrogen-bond acceptors (Lipinski definition) is 5. The van der Waals surface area contributed by atoms with Gasteiger partial charge in [-0.05, 0) is 57.9 Å². The van der Waals surface area contributed by atoms with E-state index in [1.165, 1.54) is 4.31 Å². The van der Waals surface area contributed by atoms with Gasteiger partial charge in [0.2, 0.25) is 15.9 Å². The van der Waals surface area contributed by atoms with Crippen molar-refractivity contribution in [3.05, 3.63) is 24.3 Å². The Hall–Kier alpha value is -1.48. The van der Waals surface area contributed by atoms with Crippen LogP contribution in [0.3, 0.4) is 0 Å². The molecule has 0 radical (unpaired) electrons. The number of benzene rings is 1. The second kappa shape index (κ2) is 8.26. The number of sulfonamides is 1. The summed E-state index contributed by atoms with van der Waals surface area (Å²) in [6.45, 7) is 8.48. The summed E-state index contributed by atoms with van der Waals surface area (Å²) < 4.78 is 32.4. The van der Waals surface area contributed by atoms with Gasteiger partial charge in [0.05, 0.1) is 23.1 Å². The summed E-state index contributed by atoms with van der Waals surface area (Å²) >= 11 is 0. The third-order valence-electron chi connectivity index (χ3n) is 5.20. The summed E-state index contributed by atoms with van der Waals surface area (Å²) in [6.07, 6.45) is 2.01. The maximum atomic E-state index is 12.6. The zero-order valence-electron chi connectivity index (χ0n) is 16.2. The standard InChI is InChI=1S/C19H29N3O4S/c1-14-12-21(13-15(2)26-14)16(3)19(23)20-17-6-8-18(9-7-17)27(24,25)22-10-4-5-11-22/h6-9,14-16H,4-5,10-13H2,1-3H3,(H,20,23)/t14-,15+,16-/m0/s1. The number of ether oxygens (including phenoxy) is 1. The lowest BCUT2D eigenvalue weighted by Gasteiger charge is -2.38. The van der Waals surface area contributed by atoms with Crippen LogP contribution in [0, 0.1) is 0 Å². The molecule has 0 unspecified atom stereocenters. The van der Waals surface area contributed by atoms with Crippen LogP contribution in [-0.2, 0) is 19.6 Å². The first-order valence-corrected chi connectivity index (χ1v) is 11.0. The van der Waals surface area contributed by atoms with Crippen LogP contribution < -0.4 is 5.32 Å². The smallest absolute Gasteiger partial charge is 0.243 e. The number of carbonyl (C=O) groups excluding carboxylic acids is 1. The zero-order chi connectivity index (χ0) is 19.6. The molecule has 2 saturated heterocycles. The number of carbonyl (C=O) groups is 1. The van der Waals surface area contributed by atoms with E-state index in [9.17, 15) is 13.2 Å². The largest absolute Gasteiger partial charge is 0.373 e. The summed E-state index contributed by atoms with van der Waals surface area (Å²) in [4.78, 5) is 15.0. The van der Waals surface area contributed by atoms with Crippen LogP contribution in [-0.4, -0.2) is 68.0 Å².